The van der Waals surface area contributed by atoms with Crippen molar-refractivity contribution in [3.8, 4) is 0 Å². The molecule has 0 spiro atoms. The van der Waals surface area contributed by atoms with E-state index in [9.17, 15) is 4.79 Å². The molecule has 0 aliphatic carbocycles. The molecule has 21 heavy (non-hydrogen) atoms. The first kappa shape index (κ1) is 15.3. The predicted octanol–water partition coefficient (Wildman–Crippen LogP) is 2.05. The number of hydrogen-bond donors (Lipinski definition) is 1. The Morgan fingerprint density at radius 3 is 2.57 bits per heavy atom. The van der Waals surface area contributed by atoms with E-state index in [2.05, 4.69) is 42.8 Å². The molecule has 3 aliphatic rings. The molecule has 3 fully saturated rings. The average molecular weight is 293 g/mol. The second-order valence-corrected chi connectivity index (χ2v) is 7.88. The third-order valence-corrected chi connectivity index (χ3v) is 5.52. The average Bonchev–Trinajstić information content (AvgIpc) is 3.04. The molecule has 0 bridgehead atoms. The molecule has 0 aromatic carbocycles. The quantitative estimate of drug-likeness (QED) is 0.862. The van der Waals surface area contributed by atoms with E-state index in [1.807, 2.05) is 0 Å². The first-order valence-corrected chi connectivity index (χ1v) is 8.81. The molecule has 120 valence electrons. The van der Waals surface area contributed by atoms with Crippen LogP contribution in [0.5, 0.6) is 0 Å². The van der Waals surface area contributed by atoms with E-state index in [0.717, 1.165) is 12.8 Å². The third-order valence-electron chi connectivity index (χ3n) is 5.52. The zero-order chi connectivity index (χ0) is 15.1. The summed E-state index contributed by atoms with van der Waals surface area (Å²) in [6.07, 6.45) is 5.06. The summed E-state index contributed by atoms with van der Waals surface area (Å²) >= 11 is 0. The Kier molecular flexibility index (Phi) is 4.28. The zero-order valence-electron chi connectivity index (χ0n) is 14.0. The molecule has 3 rings (SSSR count). The van der Waals surface area contributed by atoms with Gasteiger partial charge in [0.25, 0.3) is 0 Å². The molecule has 0 saturated carbocycles. The lowest BCUT2D eigenvalue weighted by Gasteiger charge is -2.34. The molecular formula is C17H31N3O. The lowest BCUT2D eigenvalue weighted by molar-refractivity contribution is -0.133. The number of nitrogens with zero attached hydrogens (tertiary/aromatic N) is 2. The summed E-state index contributed by atoms with van der Waals surface area (Å²) in [5.74, 6) is 1.34. The summed E-state index contributed by atoms with van der Waals surface area (Å²) < 4.78 is 0. The topological polar surface area (TPSA) is 35.6 Å². The van der Waals surface area contributed by atoms with Gasteiger partial charge in [0.15, 0.2) is 0 Å². The summed E-state index contributed by atoms with van der Waals surface area (Å²) in [4.78, 5) is 17.8. The fraction of sp³-hybridized carbons (Fsp3) is 0.941. The molecule has 3 saturated heterocycles. The van der Waals surface area contributed by atoms with Gasteiger partial charge in [-0.1, -0.05) is 27.7 Å². The van der Waals surface area contributed by atoms with Crippen LogP contribution in [-0.4, -0.2) is 53.1 Å². The van der Waals surface area contributed by atoms with Gasteiger partial charge in [-0.25, -0.2) is 0 Å². The molecule has 1 N–H and O–H groups in total. The number of fused-ring (bicyclic) bond motifs is 1. The minimum absolute atomic E-state index is 0.0178. The van der Waals surface area contributed by atoms with Crippen molar-refractivity contribution < 1.29 is 4.79 Å². The van der Waals surface area contributed by atoms with E-state index >= 15 is 0 Å². The van der Waals surface area contributed by atoms with Crippen molar-refractivity contribution in [1.29, 1.82) is 0 Å². The summed E-state index contributed by atoms with van der Waals surface area (Å²) in [6, 6.07) is 1.08. The van der Waals surface area contributed by atoms with Crippen LogP contribution in [0.4, 0.5) is 0 Å². The van der Waals surface area contributed by atoms with Gasteiger partial charge in [0.2, 0.25) is 5.91 Å². The maximum Gasteiger partial charge on any atom is 0.241 e. The second-order valence-electron chi connectivity index (χ2n) is 7.88. The summed E-state index contributed by atoms with van der Waals surface area (Å²) in [5, 5.41) is 3.64. The number of rotatable bonds is 4. The molecule has 4 unspecified atom stereocenters. The number of nitrogens with one attached hydrogen (secondary N) is 1. The fourth-order valence-corrected chi connectivity index (χ4v) is 4.55. The maximum absolute atomic E-state index is 13.0. The smallest absolute Gasteiger partial charge is 0.241 e. The van der Waals surface area contributed by atoms with Gasteiger partial charge in [-0.05, 0) is 44.1 Å². The van der Waals surface area contributed by atoms with Gasteiger partial charge in [-0.2, -0.15) is 0 Å². The third kappa shape index (κ3) is 2.72. The van der Waals surface area contributed by atoms with E-state index in [4.69, 9.17) is 0 Å². The van der Waals surface area contributed by atoms with Crippen molar-refractivity contribution in [2.45, 2.75) is 77.7 Å². The molecule has 0 aromatic rings. The number of amides is 1. The highest BCUT2D eigenvalue weighted by Crippen LogP contribution is 2.35. The van der Waals surface area contributed by atoms with Crippen LogP contribution < -0.4 is 5.32 Å². The lowest BCUT2D eigenvalue weighted by atomic mass is 10.0. The van der Waals surface area contributed by atoms with Crippen LogP contribution in [0.15, 0.2) is 0 Å². The van der Waals surface area contributed by atoms with E-state index in [0.29, 0.717) is 29.8 Å². The van der Waals surface area contributed by atoms with Crippen LogP contribution in [0.2, 0.25) is 0 Å². The van der Waals surface area contributed by atoms with Crippen molar-refractivity contribution in [2.24, 2.45) is 11.8 Å². The molecule has 4 heteroatoms. The molecule has 1 amide bonds. The largest absolute Gasteiger partial charge is 0.321 e. The van der Waals surface area contributed by atoms with Gasteiger partial charge in [0.05, 0.1) is 18.2 Å². The first-order chi connectivity index (χ1) is 9.99. The van der Waals surface area contributed by atoms with E-state index < -0.39 is 0 Å². The second kappa shape index (κ2) is 5.88. The summed E-state index contributed by atoms with van der Waals surface area (Å²) in [6.45, 7) is 11.2. The first-order valence-electron chi connectivity index (χ1n) is 8.81. The number of carbonyl (C=O) groups excluding carboxylic acids is 1. The number of hydrogen-bond acceptors (Lipinski definition) is 3. The zero-order valence-corrected chi connectivity index (χ0v) is 14.0. The molecule has 4 nitrogen and oxygen atoms in total. The van der Waals surface area contributed by atoms with Gasteiger partial charge in [-0.3, -0.25) is 15.0 Å². The Morgan fingerprint density at radius 1 is 1.14 bits per heavy atom. The standard InChI is InChI=1S/C17H31N3O/c1-11(2)10-15-18-16(12(3)4)17(21)20(15)14-7-9-19-8-5-6-13(14)19/h11-16,18H,5-10H2,1-4H3. The molecule has 3 heterocycles. The van der Waals surface area contributed by atoms with Crippen LogP contribution in [0, 0.1) is 11.8 Å². The summed E-state index contributed by atoms with van der Waals surface area (Å²) in [7, 11) is 0. The van der Waals surface area contributed by atoms with Crippen LogP contribution >= 0.6 is 0 Å². The highest BCUT2D eigenvalue weighted by atomic mass is 16.2. The van der Waals surface area contributed by atoms with Gasteiger partial charge in [0.1, 0.15) is 0 Å². The molecule has 0 aromatic heterocycles. The summed E-state index contributed by atoms with van der Waals surface area (Å²) in [5.41, 5.74) is 0. The maximum atomic E-state index is 13.0. The highest BCUT2D eigenvalue weighted by Gasteiger charge is 2.49. The SMILES string of the molecule is CC(C)CC1NC(C(C)C)C(=O)N1C1CCN2CCCC12. The monoisotopic (exact) mass is 293 g/mol. The molecule has 0 radical (unpaired) electrons. The van der Waals surface area contributed by atoms with Crippen LogP contribution in [-0.2, 0) is 4.79 Å². The Balaban J connectivity index is 1.80. The normalized spacial score (nSPS) is 37.2. The predicted molar refractivity (Wildman–Crippen MR) is 84.9 cm³/mol. The Bertz CT molecular complexity index is 395. The van der Waals surface area contributed by atoms with E-state index in [1.165, 1.54) is 25.9 Å². The van der Waals surface area contributed by atoms with Crippen molar-refractivity contribution in [2.75, 3.05) is 13.1 Å². The van der Waals surface area contributed by atoms with Crippen LogP contribution in [0.25, 0.3) is 0 Å². The van der Waals surface area contributed by atoms with Gasteiger partial charge >= 0.3 is 0 Å². The van der Waals surface area contributed by atoms with E-state index in [1.54, 1.807) is 0 Å². The van der Waals surface area contributed by atoms with Crippen molar-refractivity contribution in [1.82, 2.24) is 15.1 Å². The lowest BCUT2D eigenvalue weighted by Crippen LogP contribution is -2.49. The minimum atomic E-state index is 0.0178. The fourth-order valence-electron chi connectivity index (χ4n) is 4.55. The van der Waals surface area contributed by atoms with E-state index in [-0.39, 0.29) is 12.2 Å². The van der Waals surface area contributed by atoms with Crippen molar-refractivity contribution in [3.05, 3.63) is 0 Å². The van der Waals surface area contributed by atoms with Crippen molar-refractivity contribution in [3.63, 3.8) is 0 Å². The van der Waals surface area contributed by atoms with Crippen LogP contribution in [0.3, 0.4) is 0 Å². The molecule has 4 atom stereocenters. The Hall–Kier alpha value is -0.610. The molecule has 3 aliphatic heterocycles. The minimum Gasteiger partial charge on any atom is -0.321 e. The molecular weight excluding hydrogens is 262 g/mol. The van der Waals surface area contributed by atoms with Gasteiger partial charge in [-0.15, -0.1) is 0 Å². The van der Waals surface area contributed by atoms with Gasteiger partial charge in [0, 0.05) is 12.6 Å². The Morgan fingerprint density at radius 2 is 1.90 bits per heavy atom. The van der Waals surface area contributed by atoms with Crippen LogP contribution in [0.1, 0.15) is 53.4 Å². The highest BCUT2D eigenvalue weighted by molar-refractivity contribution is 5.85. The van der Waals surface area contributed by atoms with Crippen molar-refractivity contribution >= 4 is 5.91 Å². The Labute approximate surface area is 129 Å². The van der Waals surface area contributed by atoms with Gasteiger partial charge < -0.3 is 4.90 Å². The number of carbonyl (C=O) groups is 1.